The highest BCUT2D eigenvalue weighted by Gasteiger charge is 2.46. The molecule has 0 unspecified atom stereocenters. The number of fused-ring (bicyclic) bond motifs is 7. The first-order valence-corrected chi connectivity index (χ1v) is 21.0. The van der Waals surface area contributed by atoms with Gasteiger partial charge < -0.3 is 0 Å². The Morgan fingerprint density at radius 2 is 0.836 bits per heavy atom. The minimum absolute atomic E-state index is 0.521. The lowest BCUT2D eigenvalue weighted by molar-refractivity contribution is 0.769. The Morgan fingerprint density at radius 3 is 1.56 bits per heavy atom. The van der Waals surface area contributed by atoms with E-state index >= 15 is 0 Å². The number of rotatable bonds is 6. The molecular weight excluding hydrogens is 737 g/mol. The molecule has 12 rings (SSSR count). The zero-order valence-electron chi connectivity index (χ0n) is 33.3. The Bertz CT molecular complexity index is 3420. The first-order chi connectivity index (χ1) is 30.3. The number of hydrogen-bond acceptors (Lipinski definition) is 2. The van der Waals surface area contributed by atoms with Crippen molar-refractivity contribution in [2.75, 3.05) is 0 Å². The van der Waals surface area contributed by atoms with Crippen LogP contribution < -0.4 is 0 Å². The van der Waals surface area contributed by atoms with Gasteiger partial charge in [-0.3, -0.25) is 0 Å². The molecule has 0 amide bonds. The lowest BCUT2D eigenvalue weighted by atomic mass is 9.67. The average molecular weight is 775 g/mol. The Labute approximate surface area is 355 Å². The maximum absolute atomic E-state index is 5.37. The van der Waals surface area contributed by atoms with E-state index < -0.39 is 5.41 Å². The van der Waals surface area contributed by atoms with E-state index in [1.54, 1.807) is 0 Å². The summed E-state index contributed by atoms with van der Waals surface area (Å²) in [7, 11) is 0. The van der Waals surface area contributed by atoms with Crippen molar-refractivity contribution in [3.8, 4) is 56.2 Å². The first kappa shape index (κ1) is 35.0. The van der Waals surface area contributed by atoms with Crippen molar-refractivity contribution in [2.24, 2.45) is 0 Å². The molecule has 0 atom stereocenters. The average Bonchev–Trinajstić information content (AvgIpc) is 3.65. The molecule has 61 heavy (non-hydrogen) atoms. The maximum atomic E-state index is 5.37. The van der Waals surface area contributed by atoms with Crippen LogP contribution in [0.5, 0.6) is 0 Å². The fourth-order valence-corrected chi connectivity index (χ4v) is 10.1. The van der Waals surface area contributed by atoms with Gasteiger partial charge in [0.25, 0.3) is 0 Å². The molecule has 1 heterocycles. The third-order valence-corrected chi connectivity index (χ3v) is 12.8. The van der Waals surface area contributed by atoms with Crippen molar-refractivity contribution in [1.82, 2.24) is 9.97 Å². The van der Waals surface area contributed by atoms with E-state index in [0.717, 1.165) is 38.9 Å². The van der Waals surface area contributed by atoms with Gasteiger partial charge in [-0.15, -0.1) is 0 Å². The summed E-state index contributed by atoms with van der Waals surface area (Å²) in [5, 5.41) is 7.15. The maximum Gasteiger partial charge on any atom is 0.161 e. The van der Waals surface area contributed by atoms with Crippen molar-refractivity contribution >= 4 is 32.3 Å². The molecule has 10 aromatic carbocycles. The summed E-state index contributed by atoms with van der Waals surface area (Å²) in [6.07, 6.45) is 0. The summed E-state index contributed by atoms with van der Waals surface area (Å²) in [6.45, 7) is 0. The van der Waals surface area contributed by atoms with E-state index in [2.05, 4.69) is 224 Å². The lowest BCUT2D eigenvalue weighted by Gasteiger charge is -2.34. The fourth-order valence-electron chi connectivity index (χ4n) is 10.1. The predicted octanol–water partition coefficient (Wildman–Crippen LogP) is 15.0. The van der Waals surface area contributed by atoms with Crippen LogP contribution in [0.15, 0.2) is 231 Å². The van der Waals surface area contributed by atoms with Crippen molar-refractivity contribution in [1.29, 1.82) is 0 Å². The number of aromatic nitrogens is 2. The Balaban J connectivity index is 1.09. The van der Waals surface area contributed by atoms with Gasteiger partial charge in [-0.05, 0) is 95.0 Å². The van der Waals surface area contributed by atoms with E-state index in [0.29, 0.717) is 5.82 Å². The van der Waals surface area contributed by atoms with Crippen LogP contribution in [0.3, 0.4) is 0 Å². The minimum atomic E-state index is -0.521. The molecule has 0 aliphatic heterocycles. The third kappa shape index (κ3) is 5.50. The molecule has 2 nitrogen and oxygen atoms in total. The number of nitrogens with zero attached hydrogens (tertiary/aromatic N) is 2. The summed E-state index contributed by atoms with van der Waals surface area (Å²) in [5.41, 5.74) is 14.5. The topological polar surface area (TPSA) is 25.8 Å². The van der Waals surface area contributed by atoms with E-state index in [1.807, 2.05) is 6.07 Å². The monoisotopic (exact) mass is 774 g/mol. The van der Waals surface area contributed by atoms with Gasteiger partial charge >= 0.3 is 0 Å². The molecule has 1 aliphatic carbocycles. The molecule has 2 heteroatoms. The van der Waals surface area contributed by atoms with E-state index in [4.69, 9.17) is 9.97 Å². The summed E-state index contributed by atoms with van der Waals surface area (Å²) < 4.78 is 0. The second kappa shape index (κ2) is 14.1. The van der Waals surface area contributed by atoms with Gasteiger partial charge in [-0.2, -0.15) is 0 Å². The molecule has 0 fully saturated rings. The van der Waals surface area contributed by atoms with Gasteiger partial charge in [0.05, 0.1) is 16.8 Å². The zero-order chi connectivity index (χ0) is 40.3. The van der Waals surface area contributed by atoms with Gasteiger partial charge in [0, 0.05) is 16.7 Å². The van der Waals surface area contributed by atoms with Gasteiger partial charge in [-0.1, -0.05) is 212 Å². The molecule has 1 aromatic heterocycles. The summed E-state index contributed by atoms with van der Waals surface area (Å²) in [6, 6.07) is 83.6. The summed E-state index contributed by atoms with van der Waals surface area (Å²) in [5.74, 6) is 0.704. The van der Waals surface area contributed by atoms with Crippen molar-refractivity contribution < 1.29 is 0 Å². The van der Waals surface area contributed by atoms with Gasteiger partial charge in [-0.25, -0.2) is 9.97 Å². The molecule has 0 spiro atoms. The second-order valence-electron chi connectivity index (χ2n) is 16.0. The van der Waals surface area contributed by atoms with Crippen LogP contribution >= 0.6 is 0 Å². The molecule has 284 valence electrons. The third-order valence-electron chi connectivity index (χ3n) is 12.8. The Kier molecular flexibility index (Phi) is 8.11. The minimum Gasteiger partial charge on any atom is -0.228 e. The van der Waals surface area contributed by atoms with Crippen LogP contribution in [0.4, 0.5) is 0 Å². The smallest absolute Gasteiger partial charge is 0.161 e. The normalized spacial score (nSPS) is 12.7. The van der Waals surface area contributed by atoms with Crippen LogP contribution in [-0.4, -0.2) is 9.97 Å². The Hall–Kier alpha value is -7.94. The van der Waals surface area contributed by atoms with Crippen LogP contribution in [0.2, 0.25) is 0 Å². The second-order valence-corrected chi connectivity index (χ2v) is 16.0. The predicted molar refractivity (Wildman–Crippen MR) is 254 cm³/mol. The molecule has 0 saturated heterocycles. The molecule has 0 N–H and O–H groups in total. The van der Waals surface area contributed by atoms with Gasteiger partial charge in [0.15, 0.2) is 5.82 Å². The van der Waals surface area contributed by atoms with Crippen LogP contribution in [0.1, 0.15) is 22.3 Å². The lowest BCUT2D eigenvalue weighted by Crippen LogP contribution is -2.28. The number of hydrogen-bond donors (Lipinski definition) is 0. The molecule has 1 aliphatic rings. The van der Waals surface area contributed by atoms with Crippen molar-refractivity contribution in [3.05, 3.63) is 253 Å². The standard InChI is InChI=1S/C59H38N2/c1-4-19-41(20-5-1)55-38-56(50-30-16-21-39-17-10-12-26-45(39)50)61-58(60-55)51-35-34-46(48-28-14-15-29-49(48)51)42-31-33-52-54(37-42)59(43-22-6-2-7-23-43,44-24-8-3-9-25-44)53-36-32-40-18-11-13-27-47(40)57(52)53/h1-38H. The Morgan fingerprint density at radius 1 is 0.295 bits per heavy atom. The molecule has 0 bridgehead atoms. The van der Waals surface area contributed by atoms with E-state index in [-0.39, 0.29) is 0 Å². The molecule has 0 saturated carbocycles. The van der Waals surface area contributed by atoms with Crippen LogP contribution in [0, 0.1) is 0 Å². The van der Waals surface area contributed by atoms with E-state index in [1.165, 1.54) is 66.1 Å². The number of benzene rings is 10. The molecular formula is C59H38N2. The highest BCUT2D eigenvalue weighted by atomic mass is 14.9. The van der Waals surface area contributed by atoms with Crippen molar-refractivity contribution in [3.63, 3.8) is 0 Å². The quantitative estimate of drug-likeness (QED) is 0.168. The summed E-state index contributed by atoms with van der Waals surface area (Å²) >= 11 is 0. The SMILES string of the molecule is c1ccc(-c2cc(-c3cccc4ccccc34)nc(-c3ccc(-c4ccc5c(c4)C(c4ccccc4)(c4ccccc4)c4ccc6ccccc6c4-5)c4ccccc34)n2)cc1. The first-order valence-electron chi connectivity index (χ1n) is 21.0. The van der Waals surface area contributed by atoms with Crippen LogP contribution in [0.25, 0.3) is 88.5 Å². The fraction of sp³-hybridized carbons (Fsp3) is 0.0169. The largest absolute Gasteiger partial charge is 0.228 e. The highest BCUT2D eigenvalue weighted by molar-refractivity contribution is 6.07. The highest BCUT2D eigenvalue weighted by Crippen LogP contribution is 2.58. The molecule has 11 aromatic rings. The summed E-state index contributed by atoms with van der Waals surface area (Å²) in [4.78, 5) is 10.7. The van der Waals surface area contributed by atoms with Gasteiger partial charge in [0.2, 0.25) is 0 Å². The van der Waals surface area contributed by atoms with Crippen LogP contribution in [-0.2, 0) is 5.41 Å². The molecule has 0 radical (unpaired) electrons. The van der Waals surface area contributed by atoms with Crippen molar-refractivity contribution in [2.45, 2.75) is 5.41 Å². The van der Waals surface area contributed by atoms with Gasteiger partial charge in [0.1, 0.15) is 0 Å². The zero-order valence-corrected chi connectivity index (χ0v) is 33.3. The van der Waals surface area contributed by atoms with E-state index in [9.17, 15) is 0 Å².